The molecule has 16 heavy (non-hydrogen) atoms. The van der Waals surface area contributed by atoms with Crippen LogP contribution in [0, 0.1) is 9.39 Å². The molecule has 6 heteroatoms. The predicted octanol–water partition coefficient (Wildman–Crippen LogP) is 2.94. The van der Waals surface area contributed by atoms with Crippen LogP contribution in [-0.4, -0.2) is 9.97 Å². The van der Waals surface area contributed by atoms with Crippen molar-refractivity contribution in [3.8, 4) is 11.4 Å². The van der Waals surface area contributed by atoms with Crippen molar-refractivity contribution in [1.29, 1.82) is 0 Å². The minimum Gasteiger partial charge on any atom is -0.306 e. The molecule has 0 unspecified atom stereocenters. The highest BCUT2D eigenvalue weighted by molar-refractivity contribution is 14.1. The molecular formula is C10H5BrFIN2O. The lowest BCUT2D eigenvalue weighted by Gasteiger charge is -2.03. The molecule has 0 saturated carbocycles. The first-order valence-corrected chi connectivity index (χ1v) is 6.15. The molecule has 1 aromatic carbocycles. The Bertz CT molecular complexity index is 600. The maximum Gasteiger partial charge on any atom is 0.264 e. The Morgan fingerprint density at radius 2 is 2.19 bits per heavy atom. The lowest BCUT2D eigenvalue weighted by molar-refractivity contribution is 0.628. The summed E-state index contributed by atoms with van der Waals surface area (Å²) in [6.45, 7) is 0. The number of H-pyrrole nitrogens is 1. The van der Waals surface area contributed by atoms with Gasteiger partial charge in [0.05, 0.1) is 3.57 Å². The summed E-state index contributed by atoms with van der Waals surface area (Å²) in [6, 6.07) is 4.22. The van der Waals surface area contributed by atoms with E-state index in [1.807, 2.05) is 22.6 Å². The number of halogens is 3. The van der Waals surface area contributed by atoms with Gasteiger partial charge in [-0.25, -0.2) is 9.37 Å². The van der Waals surface area contributed by atoms with E-state index in [1.54, 1.807) is 6.07 Å². The van der Waals surface area contributed by atoms with Crippen LogP contribution < -0.4 is 5.56 Å². The molecule has 1 heterocycles. The first-order valence-electron chi connectivity index (χ1n) is 4.28. The molecular weight excluding hydrogens is 390 g/mol. The van der Waals surface area contributed by atoms with Crippen LogP contribution in [0.5, 0.6) is 0 Å². The normalized spacial score (nSPS) is 10.4. The molecule has 0 aliphatic rings. The van der Waals surface area contributed by atoms with Gasteiger partial charge in [-0.15, -0.1) is 0 Å². The second kappa shape index (κ2) is 4.62. The Balaban J connectivity index is 2.63. The van der Waals surface area contributed by atoms with Crippen LogP contribution >= 0.6 is 38.5 Å². The smallest absolute Gasteiger partial charge is 0.264 e. The molecule has 0 aliphatic carbocycles. The van der Waals surface area contributed by atoms with Crippen molar-refractivity contribution in [1.82, 2.24) is 9.97 Å². The van der Waals surface area contributed by atoms with Gasteiger partial charge in [-0.2, -0.15) is 0 Å². The number of nitrogens with zero attached hydrogens (tertiary/aromatic N) is 1. The van der Waals surface area contributed by atoms with E-state index >= 15 is 0 Å². The number of hydrogen-bond donors (Lipinski definition) is 1. The van der Waals surface area contributed by atoms with Gasteiger partial charge < -0.3 is 4.98 Å². The maximum absolute atomic E-state index is 13.1. The first-order chi connectivity index (χ1) is 7.58. The Morgan fingerprint density at radius 3 is 2.88 bits per heavy atom. The monoisotopic (exact) mass is 394 g/mol. The maximum atomic E-state index is 13.1. The van der Waals surface area contributed by atoms with E-state index in [-0.39, 0.29) is 11.4 Å². The van der Waals surface area contributed by atoms with E-state index in [2.05, 4.69) is 25.9 Å². The Kier molecular flexibility index (Phi) is 3.38. The molecule has 1 N–H and O–H groups in total. The highest BCUT2D eigenvalue weighted by Gasteiger charge is 2.07. The Labute approximate surface area is 112 Å². The van der Waals surface area contributed by atoms with Crippen molar-refractivity contribution in [2.45, 2.75) is 0 Å². The average molecular weight is 395 g/mol. The SMILES string of the molecule is O=c1[nH]c(-c2cc(F)ccc2Br)ncc1I. The van der Waals surface area contributed by atoms with Gasteiger partial charge in [0.2, 0.25) is 0 Å². The quantitative estimate of drug-likeness (QED) is 0.756. The molecule has 1 aromatic heterocycles. The Morgan fingerprint density at radius 1 is 1.44 bits per heavy atom. The highest BCUT2D eigenvalue weighted by Crippen LogP contribution is 2.25. The summed E-state index contributed by atoms with van der Waals surface area (Å²) in [5.74, 6) is -0.0313. The summed E-state index contributed by atoms with van der Waals surface area (Å²) in [7, 11) is 0. The Hall–Kier alpha value is -0.760. The topological polar surface area (TPSA) is 45.8 Å². The molecule has 0 saturated heterocycles. The van der Waals surface area contributed by atoms with Crippen molar-refractivity contribution in [3.05, 3.63) is 48.6 Å². The van der Waals surface area contributed by atoms with Crippen LogP contribution in [0.15, 0.2) is 33.7 Å². The molecule has 0 fully saturated rings. The van der Waals surface area contributed by atoms with Crippen molar-refractivity contribution in [2.75, 3.05) is 0 Å². The second-order valence-electron chi connectivity index (χ2n) is 3.03. The van der Waals surface area contributed by atoms with Gasteiger partial charge in [-0.3, -0.25) is 4.79 Å². The second-order valence-corrected chi connectivity index (χ2v) is 5.05. The molecule has 0 amide bonds. The molecule has 0 aliphatic heterocycles. The van der Waals surface area contributed by atoms with Crippen LogP contribution in [0.4, 0.5) is 4.39 Å². The molecule has 2 rings (SSSR count). The lowest BCUT2D eigenvalue weighted by atomic mass is 10.2. The van der Waals surface area contributed by atoms with Crippen LogP contribution in [0.1, 0.15) is 0 Å². The zero-order valence-corrected chi connectivity index (χ0v) is 11.5. The fourth-order valence-electron chi connectivity index (χ4n) is 1.20. The minimum absolute atomic E-state index is 0.234. The zero-order chi connectivity index (χ0) is 11.7. The van der Waals surface area contributed by atoms with Gasteiger partial charge in [0.15, 0.2) is 0 Å². The number of rotatable bonds is 1. The molecule has 82 valence electrons. The predicted molar refractivity (Wildman–Crippen MR) is 70.7 cm³/mol. The van der Waals surface area contributed by atoms with Crippen molar-refractivity contribution < 1.29 is 4.39 Å². The minimum atomic E-state index is -0.376. The van der Waals surface area contributed by atoms with Gasteiger partial charge in [0.1, 0.15) is 11.6 Å². The molecule has 3 nitrogen and oxygen atoms in total. The fraction of sp³-hybridized carbons (Fsp3) is 0. The van der Waals surface area contributed by atoms with Crippen molar-refractivity contribution in [2.24, 2.45) is 0 Å². The number of aromatic amines is 1. The van der Waals surface area contributed by atoms with E-state index in [0.717, 1.165) is 0 Å². The summed E-state index contributed by atoms with van der Waals surface area (Å²) < 4.78 is 14.2. The van der Waals surface area contributed by atoms with E-state index in [9.17, 15) is 9.18 Å². The molecule has 0 atom stereocenters. The first kappa shape index (κ1) is 11.7. The van der Waals surface area contributed by atoms with Crippen LogP contribution in [0.3, 0.4) is 0 Å². The fourth-order valence-corrected chi connectivity index (χ4v) is 1.90. The number of aromatic nitrogens is 2. The zero-order valence-electron chi connectivity index (χ0n) is 7.80. The van der Waals surface area contributed by atoms with Gasteiger partial charge in [-0.05, 0) is 40.8 Å². The third-order valence-corrected chi connectivity index (χ3v) is 3.40. The third-order valence-electron chi connectivity index (χ3n) is 1.94. The van der Waals surface area contributed by atoms with Crippen molar-refractivity contribution >= 4 is 38.5 Å². The van der Waals surface area contributed by atoms with Gasteiger partial charge in [0, 0.05) is 16.2 Å². The van der Waals surface area contributed by atoms with E-state index in [1.165, 1.54) is 18.3 Å². The number of benzene rings is 1. The van der Waals surface area contributed by atoms with Gasteiger partial charge >= 0.3 is 0 Å². The summed E-state index contributed by atoms with van der Waals surface area (Å²) in [5, 5.41) is 0. The lowest BCUT2D eigenvalue weighted by Crippen LogP contribution is -2.11. The third kappa shape index (κ3) is 2.32. The number of hydrogen-bond acceptors (Lipinski definition) is 2. The van der Waals surface area contributed by atoms with E-state index in [0.29, 0.717) is 19.4 Å². The van der Waals surface area contributed by atoms with Crippen LogP contribution in [0.25, 0.3) is 11.4 Å². The highest BCUT2D eigenvalue weighted by atomic mass is 127. The molecule has 2 aromatic rings. The molecule has 0 radical (unpaired) electrons. The number of nitrogens with one attached hydrogen (secondary N) is 1. The average Bonchev–Trinajstić information content (AvgIpc) is 2.26. The van der Waals surface area contributed by atoms with Crippen LogP contribution in [-0.2, 0) is 0 Å². The molecule has 0 spiro atoms. The molecule has 0 bridgehead atoms. The van der Waals surface area contributed by atoms with Gasteiger partial charge in [-0.1, -0.05) is 15.9 Å². The van der Waals surface area contributed by atoms with Crippen LogP contribution in [0.2, 0.25) is 0 Å². The van der Waals surface area contributed by atoms with E-state index < -0.39 is 0 Å². The summed E-state index contributed by atoms with van der Waals surface area (Å²) in [6.07, 6.45) is 1.45. The van der Waals surface area contributed by atoms with E-state index in [4.69, 9.17) is 0 Å². The van der Waals surface area contributed by atoms with Gasteiger partial charge in [0.25, 0.3) is 5.56 Å². The largest absolute Gasteiger partial charge is 0.306 e. The summed E-state index contributed by atoms with van der Waals surface area (Å²) in [4.78, 5) is 18.0. The standard InChI is InChI=1S/C10H5BrFIN2O/c11-7-2-1-5(12)3-6(7)9-14-4-8(13)10(16)15-9/h1-4H,(H,14,15,16). The summed E-state index contributed by atoms with van der Waals surface area (Å²) >= 11 is 5.16. The summed E-state index contributed by atoms with van der Waals surface area (Å²) in [5.41, 5.74) is 0.287. The van der Waals surface area contributed by atoms with Crippen molar-refractivity contribution in [3.63, 3.8) is 0 Å².